The van der Waals surface area contributed by atoms with Gasteiger partial charge in [0, 0.05) is 19.0 Å². The van der Waals surface area contributed by atoms with Gasteiger partial charge in [-0.05, 0) is 24.5 Å². The van der Waals surface area contributed by atoms with Crippen molar-refractivity contribution in [1.29, 1.82) is 0 Å². The Balaban J connectivity index is 1.46. The monoisotopic (exact) mass is 306 g/mol. The van der Waals surface area contributed by atoms with Crippen LogP contribution in [-0.2, 0) is 9.59 Å². The second-order valence-electron chi connectivity index (χ2n) is 6.01. The molecule has 1 saturated heterocycles. The molecule has 2 fully saturated rings. The zero-order valence-corrected chi connectivity index (χ0v) is 12.4. The fourth-order valence-corrected chi connectivity index (χ4v) is 2.86. The lowest BCUT2D eigenvalue weighted by Crippen LogP contribution is -2.40. The number of carbonyl (C=O) groups is 2. The van der Waals surface area contributed by atoms with Gasteiger partial charge in [-0.3, -0.25) is 9.59 Å². The summed E-state index contributed by atoms with van der Waals surface area (Å²) in [5, 5.41) is 2.78. The molecule has 0 bridgehead atoms. The van der Waals surface area contributed by atoms with Gasteiger partial charge in [-0.15, -0.1) is 0 Å². The maximum absolute atomic E-state index is 13.4. The van der Waals surface area contributed by atoms with Gasteiger partial charge in [0.1, 0.15) is 0 Å². The highest BCUT2D eigenvalue weighted by molar-refractivity contribution is 5.83. The van der Waals surface area contributed by atoms with Crippen molar-refractivity contribution in [2.45, 2.75) is 31.8 Å². The molecule has 0 aromatic heterocycles. The van der Waals surface area contributed by atoms with Gasteiger partial charge >= 0.3 is 0 Å². The summed E-state index contributed by atoms with van der Waals surface area (Å²) in [6, 6.07) is 6.09. The number of nitrogens with one attached hydrogen (secondary N) is 1. The average molecular weight is 306 g/mol. The van der Waals surface area contributed by atoms with Gasteiger partial charge in [0.25, 0.3) is 5.91 Å². The van der Waals surface area contributed by atoms with Crippen LogP contribution in [0.1, 0.15) is 19.8 Å². The van der Waals surface area contributed by atoms with Crippen molar-refractivity contribution in [2.24, 2.45) is 5.92 Å². The number of hydrogen-bond acceptors (Lipinski definition) is 3. The van der Waals surface area contributed by atoms with Gasteiger partial charge in [-0.25, -0.2) is 4.39 Å². The molecule has 3 rings (SSSR count). The van der Waals surface area contributed by atoms with E-state index in [4.69, 9.17) is 4.74 Å². The summed E-state index contributed by atoms with van der Waals surface area (Å²) in [5.41, 5.74) is 0. The molecule has 1 heterocycles. The third-order valence-corrected chi connectivity index (χ3v) is 4.19. The molecule has 1 aromatic carbocycles. The summed E-state index contributed by atoms with van der Waals surface area (Å²) in [6.45, 7) is 2.41. The molecule has 118 valence electrons. The Kier molecular flexibility index (Phi) is 4.00. The topological polar surface area (TPSA) is 58.6 Å². The Bertz CT molecular complexity index is 593. The normalized spacial score (nSPS) is 26.9. The van der Waals surface area contributed by atoms with Crippen LogP contribution in [0.2, 0.25) is 0 Å². The van der Waals surface area contributed by atoms with E-state index in [1.54, 1.807) is 12.1 Å². The fraction of sp³-hybridized carbons (Fsp3) is 0.500. The van der Waals surface area contributed by atoms with Gasteiger partial charge < -0.3 is 15.0 Å². The maximum Gasteiger partial charge on any atom is 0.258 e. The number of benzene rings is 1. The second kappa shape index (κ2) is 5.94. The molecule has 1 aromatic rings. The summed E-state index contributed by atoms with van der Waals surface area (Å²) in [6.07, 6.45) is 1.37. The van der Waals surface area contributed by atoms with Crippen LogP contribution in [-0.4, -0.2) is 41.9 Å². The van der Waals surface area contributed by atoms with Crippen molar-refractivity contribution in [3.63, 3.8) is 0 Å². The van der Waals surface area contributed by atoms with Crippen molar-refractivity contribution in [1.82, 2.24) is 10.2 Å². The van der Waals surface area contributed by atoms with Crippen LogP contribution in [0.5, 0.6) is 5.75 Å². The summed E-state index contributed by atoms with van der Waals surface area (Å²) in [4.78, 5) is 25.6. The van der Waals surface area contributed by atoms with Crippen LogP contribution in [0, 0.1) is 11.7 Å². The van der Waals surface area contributed by atoms with Crippen LogP contribution in [0.25, 0.3) is 0 Å². The fourth-order valence-electron chi connectivity index (χ4n) is 2.86. The van der Waals surface area contributed by atoms with E-state index in [2.05, 4.69) is 12.2 Å². The Morgan fingerprint density at radius 3 is 2.86 bits per heavy atom. The number of nitrogens with zero attached hydrogens (tertiary/aromatic N) is 1. The lowest BCUT2D eigenvalue weighted by atomic mass is 10.2. The lowest BCUT2D eigenvalue weighted by molar-refractivity contribution is -0.128. The minimum Gasteiger partial charge on any atom is -0.481 e. The minimum atomic E-state index is -0.500. The standard InChI is InChI=1S/C16H19FN2O3/c1-10-6-13(10)19-8-11(7-16(19)21)18-15(20)9-22-14-5-3-2-4-12(14)17/h2-5,10-11,13H,6-9H2,1H3,(H,18,20)/t10-,11+,13+/m1/s1. The molecule has 3 atom stereocenters. The predicted octanol–water partition coefficient (Wildman–Crippen LogP) is 1.33. The van der Waals surface area contributed by atoms with Gasteiger partial charge in [0.15, 0.2) is 18.2 Å². The number of hydrogen-bond donors (Lipinski definition) is 1. The molecule has 1 aliphatic carbocycles. The van der Waals surface area contributed by atoms with Crippen molar-refractivity contribution < 1.29 is 18.7 Å². The highest BCUT2D eigenvalue weighted by Gasteiger charge is 2.44. The third kappa shape index (κ3) is 3.21. The molecule has 1 aliphatic heterocycles. The van der Waals surface area contributed by atoms with Crippen LogP contribution < -0.4 is 10.1 Å². The second-order valence-corrected chi connectivity index (χ2v) is 6.01. The van der Waals surface area contributed by atoms with Gasteiger partial charge in [0.05, 0.1) is 6.04 Å². The van der Waals surface area contributed by atoms with E-state index in [1.807, 2.05) is 4.90 Å². The largest absolute Gasteiger partial charge is 0.481 e. The van der Waals surface area contributed by atoms with E-state index < -0.39 is 5.82 Å². The average Bonchev–Trinajstić information content (AvgIpc) is 3.09. The molecule has 0 unspecified atom stereocenters. The summed E-state index contributed by atoms with van der Waals surface area (Å²) >= 11 is 0. The Labute approximate surface area is 128 Å². The Morgan fingerprint density at radius 1 is 1.45 bits per heavy atom. The molecule has 22 heavy (non-hydrogen) atoms. The molecule has 5 nitrogen and oxygen atoms in total. The number of para-hydroxylation sites is 1. The number of likely N-dealkylation sites (tertiary alicyclic amines) is 1. The number of ether oxygens (including phenoxy) is 1. The SMILES string of the molecule is C[C@@H]1C[C@@H]1N1C[C@@H](NC(=O)COc2ccccc2F)CC1=O. The van der Waals surface area contributed by atoms with Crippen LogP contribution in [0.15, 0.2) is 24.3 Å². The van der Waals surface area contributed by atoms with Crippen molar-refractivity contribution >= 4 is 11.8 Å². The van der Waals surface area contributed by atoms with Crippen LogP contribution in [0.4, 0.5) is 4.39 Å². The van der Waals surface area contributed by atoms with E-state index in [1.165, 1.54) is 12.1 Å². The van der Waals surface area contributed by atoms with Crippen molar-refractivity contribution in [3.05, 3.63) is 30.1 Å². The first-order valence-electron chi connectivity index (χ1n) is 7.50. The predicted molar refractivity (Wildman–Crippen MR) is 77.7 cm³/mol. The highest BCUT2D eigenvalue weighted by atomic mass is 19.1. The Hall–Kier alpha value is -2.11. The first-order valence-corrected chi connectivity index (χ1v) is 7.50. The maximum atomic E-state index is 13.4. The third-order valence-electron chi connectivity index (χ3n) is 4.19. The first-order chi connectivity index (χ1) is 10.5. The van der Waals surface area contributed by atoms with E-state index in [0.717, 1.165) is 6.42 Å². The minimum absolute atomic E-state index is 0.0496. The summed E-state index contributed by atoms with van der Waals surface area (Å²) < 4.78 is 18.5. The number of carbonyl (C=O) groups excluding carboxylic acids is 2. The number of halogens is 1. The van der Waals surface area contributed by atoms with Gasteiger partial charge in [-0.2, -0.15) is 0 Å². The molecular weight excluding hydrogens is 287 g/mol. The molecule has 0 radical (unpaired) electrons. The van der Waals surface area contributed by atoms with Crippen molar-refractivity contribution in [3.8, 4) is 5.75 Å². The van der Waals surface area contributed by atoms with Gasteiger partial charge in [-0.1, -0.05) is 19.1 Å². The number of amides is 2. The lowest BCUT2D eigenvalue weighted by Gasteiger charge is -2.17. The quantitative estimate of drug-likeness (QED) is 0.893. The molecule has 6 heteroatoms. The smallest absolute Gasteiger partial charge is 0.258 e. The van der Waals surface area contributed by atoms with E-state index in [0.29, 0.717) is 24.9 Å². The Morgan fingerprint density at radius 2 is 2.18 bits per heavy atom. The number of rotatable bonds is 5. The summed E-state index contributed by atoms with van der Waals surface area (Å²) in [5.74, 6) is -0.141. The van der Waals surface area contributed by atoms with E-state index in [9.17, 15) is 14.0 Å². The highest BCUT2D eigenvalue weighted by Crippen LogP contribution is 2.37. The van der Waals surface area contributed by atoms with Crippen molar-refractivity contribution in [2.75, 3.05) is 13.2 Å². The van der Waals surface area contributed by atoms with Gasteiger partial charge in [0.2, 0.25) is 5.91 Å². The first kappa shape index (κ1) is 14.8. The molecule has 1 saturated carbocycles. The molecule has 2 aliphatic rings. The zero-order chi connectivity index (χ0) is 15.7. The van der Waals surface area contributed by atoms with Crippen LogP contribution in [0.3, 0.4) is 0 Å². The molecule has 2 amide bonds. The van der Waals surface area contributed by atoms with Crippen LogP contribution >= 0.6 is 0 Å². The molecule has 0 spiro atoms. The van der Waals surface area contributed by atoms with E-state index in [-0.39, 0.29) is 30.2 Å². The zero-order valence-electron chi connectivity index (χ0n) is 12.4. The summed E-state index contributed by atoms with van der Waals surface area (Å²) in [7, 11) is 0. The molecular formula is C16H19FN2O3. The van der Waals surface area contributed by atoms with E-state index >= 15 is 0 Å². The molecule has 1 N–H and O–H groups in total.